The third kappa shape index (κ3) is 5.36. The second-order valence-electron chi connectivity index (χ2n) is 9.32. The van der Waals surface area contributed by atoms with Crippen LogP contribution in [-0.4, -0.2) is 67.2 Å². The van der Waals surface area contributed by atoms with Gasteiger partial charge in [-0.2, -0.15) is 10.4 Å². The number of carbonyl (C=O) groups excluding carboxylic acids is 1. The van der Waals surface area contributed by atoms with E-state index >= 15 is 0 Å². The van der Waals surface area contributed by atoms with E-state index in [2.05, 4.69) is 26.0 Å². The summed E-state index contributed by atoms with van der Waals surface area (Å²) in [5.74, 6) is -0.570. The van der Waals surface area contributed by atoms with E-state index in [1.165, 1.54) is 26.2 Å². The molecule has 0 aromatic carbocycles. The molecule has 1 aliphatic rings. The first kappa shape index (κ1) is 24.9. The molecule has 36 heavy (non-hydrogen) atoms. The first-order valence-corrected chi connectivity index (χ1v) is 11.3. The second-order valence-corrected chi connectivity index (χ2v) is 9.32. The summed E-state index contributed by atoms with van der Waals surface area (Å²) in [6.45, 7) is 2.26. The summed E-state index contributed by atoms with van der Waals surface area (Å²) in [6.07, 6.45) is 1.11. The van der Waals surface area contributed by atoms with Gasteiger partial charge in [0.05, 0.1) is 52.1 Å². The van der Waals surface area contributed by atoms with Crippen LogP contribution in [0.2, 0.25) is 0 Å². The van der Waals surface area contributed by atoms with Crippen LogP contribution >= 0.6 is 0 Å². The minimum absolute atomic E-state index is 0.0886. The number of carboxylic acid groups (broad SMARTS) is 1. The van der Waals surface area contributed by atoms with Gasteiger partial charge in [-0.15, -0.1) is 0 Å². The van der Waals surface area contributed by atoms with Crippen molar-refractivity contribution in [3.8, 4) is 17.5 Å². The molecule has 5 N–H and O–H groups in total. The molecular weight excluding hydrogens is 469 g/mol. The Hall–Kier alpha value is -4.24. The molecule has 1 aliphatic carbocycles. The molecule has 0 saturated heterocycles. The number of nitrogens with zero attached hydrogens (tertiary/aromatic N) is 4. The molecule has 0 unspecified atom stereocenters. The van der Waals surface area contributed by atoms with Crippen molar-refractivity contribution < 1.29 is 24.2 Å². The number of amides is 2. The largest absolute Gasteiger partial charge is 0.465 e. The van der Waals surface area contributed by atoms with Crippen LogP contribution < -0.4 is 16.0 Å². The quantitative estimate of drug-likeness (QED) is 0.318. The molecule has 4 rings (SSSR count). The molecule has 12 heteroatoms. The minimum atomic E-state index is -1.67. The number of anilines is 1. The second kappa shape index (κ2) is 9.79. The number of hydrogen-bond donors (Lipinski definition) is 5. The zero-order valence-electron chi connectivity index (χ0n) is 19.7. The van der Waals surface area contributed by atoms with E-state index in [-0.39, 0.29) is 24.2 Å². The topological polar surface area (TPSA) is 165 Å². The van der Waals surface area contributed by atoms with Gasteiger partial charge in [0, 0.05) is 18.3 Å². The zero-order valence-corrected chi connectivity index (χ0v) is 19.7. The molecule has 0 radical (unpaired) electrons. The number of aliphatic hydroxyl groups is 1. The average molecular weight is 496 g/mol. The summed E-state index contributed by atoms with van der Waals surface area (Å²) in [5, 5.41) is 40.3. The van der Waals surface area contributed by atoms with Crippen molar-refractivity contribution in [2.24, 2.45) is 0 Å². The molecule has 188 valence electrons. The molecule has 1 atom stereocenters. The number of alkyl halides is 1. The number of halogens is 1. The molecule has 0 aliphatic heterocycles. The van der Waals surface area contributed by atoms with Gasteiger partial charge in [0.1, 0.15) is 12.2 Å². The van der Waals surface area contributed by atoms with Crippen LogP contribution in [0.25, 0.3) is 16.9 Å². The lowest BCUT2D eigenvalue weighted by atomic mass is 9.86. The van der Waals surface area contributed by atoms with Gasteiger partial charge >= 0.3 is 6.09 Å². The highest BCUT2D eigenvalue weighted by atomic mass is 19.1. The van der Waals surface area contributed by atoms with Crippen LogP contribution in [0.15, 0.2) is 36.7 Å². The van der Waals surface area contributed by atoms with Crippen molar-refractivity contribution in [1.29, 1.82) is 5.26 Å². The van der Waals surface area contributed by atoms with Gasteiger partial charge in [0.15, 0.2) is 0 Å². The van der Waals surface area contributed by atoms with Gasteiger partial charge in [-0.1, -0.05) is 0 Å². The van der Waals surface area contributed by atoms with Crippen LogP contribution in [0.4, 0.5) is 14.9 Å². The lowest BCUT2D eigenvalue weighted by Crippen LogP contribution is -2.49. The number of rotatable bonds is 8. The van der Waals surface area contributed by atoms with Gasteiger partial charge in [-0.3, -0.25) is 9.78 Å². The van der Waals surface area contributed by atoms with Crippen molar-refractivity contribution in [2.75, 3.05) is 11.9 Å². The van der Waals surface area contributed by atoms with Crippen molar-refractivity contribution in [1.82, 2.24) is 25.2 Å². The summed E-state index contributed by atoms with van der Waals surface area (Å²) in [7, 11) is 0. The summed E-state index contributed by atoms with van der Waals surface area (Å²) < 4.78 is 15.8. The van der Waals surface area contributed by atoms with Gasteiger partial charge in [0.2, 0.25) is 0 Å². The molecule has 0 spiro atoms. The highest BCUT2D eigenvalue weighted by Crippen LogP contribution is 2.30. The Morgan fingerprint density at radius 3 is 2.69 bits per heavy atom. The van der Waals surface area contributed by atoms with Crippen LogP contribution in [0.5, 0.6) is 0 Å². The Kier molecular flexibility index (Phi) is 6.76. The fourth-order valence-electron chi connectivity index (χ4n) is 3.93. The van der Waals surface area contributed by atoms with E-state index in [4.69, 9.17) is 10.4 Å². The third-order valence-electron chi connectivity index (χ3n) is 6.07. The van der Waals surface area contributed by atoms with E-state index in [9.17, 15) is 19.1 Å². The first-order chi connectivity index (χ1) is 17.0. The molecular formula is C24H26FN7O4. The number of nitrogens with one attached hydrogen (secondary N) is 3. The van der Waals surface area contributed by atoms with Crippen LogP contribution in [0.3, 0.4) is 0 Å². The predicted molar refractivity (Wildman–Crippen MR) is 128 cm³/mol. The summed E-state index contributed by atoms with van der Waals surface area (Å²) in [6, 6.07) is 8.73. The summed E-state index contributed by atoms with van der Waals surface area (Å²) >= 11 is 0. The Bertz CT molecular complexity index is 1340. The lowest BCUT2D eigenvalue weighted by molar-refractivity contribution is -0.00177. The number of nitriles is 1. The van der Waals surface area contributed by atoms with Crippen molar-refractivity contribution >= 4 is 23.2 Å². The van der Waals surface area contributed by atoms with Crippen LogP contribution in [-0.2, 0) is 0 Å². The Balaban J connectivity index is 1.61. The molecule has 3 aromatic rings. The molecule has 3 aromatic heterocycles. The monoisotopic (exact) mass is 495 g/mol. The number of aromatic nitrogens is 3. The highest BCUT2D eigenvalue weighted by Gasteiger charge is 2.32. The normalized spacial score (nSPS) is 18.1. The predicted octanol–water partition coefficient (Wildman–Crippen LogP) is 2.32. The number of fused-ring (bicyclic) bond motifs is 1. The maximum Gasteiger partial charge on any atom is 0.404 e. The smallest absolute Gasteiger partial charge is 0.404 e. The molecule has 2 amide bonds. The van der Waals surface area contributed by atoms with Gasteiger partial charge < -0.3 is 26.2 Å². The van der Waals surface area contributed by atoms with Crippen molar-refractivity contribution in [3.63, 3.8) is 0 Å². The molecule has 3 heterocycles. The first-order valence-electron chi connectivity index (χ1n) is 11.3. The molecule has 1 fully saturated rings. The van der Waals surface area contributed by atoms with Gasteiger partial charge in [-0.25, -0.2) is 13.7 Å². The maximum absolute atomic E-state index is 14.2. The summed E-state index contributed by atoms with van der Waals surface area (Å²) in [4.78, 5) is 28.2. The van der Waals surface area contributed by atoms with Crippen molar-refractivity contribution in [3.05, 3.63) is 47.8 Å². The Morgan fingerprint density at radius 2 is 2.03 bits per heavy atom. The van der Waals surface area contributed by atoms with Crippen LogP contribution in [0.1, 0.15) is 42.6 Å². The SMILES string of the molecule is CC(C)(O)[C@H](F)CNC(=O)c1cnc(-c2ccc3cc(C#N)cnn23)cc1N[C@H]1C[C@@H](NC(=O)O)C1. The Morgan fingerprint density at radius 1 is 1.28 bits per heavy atom. The Labute approximate surface area is 206 Å². The third-order valence-corrected chi connectivity index (χ3v) is 6.07. The van der Waals surface area contributed by atoms with Gasteiger partial charge in [0.25, 0.3) is 5.91 Å². The van der Waals surface area contributed by atoms with Gasteiger partial charge in [-0.05, 0) is 51.0 Å². The van der Waals surface area contributed by atoms with Crippen molar-refractivity contribution in [2.45, 2.75) is 50.5 Å². The number of carbonyl (C=O) groups is 2. The molecule has 11 nitrogen and oxygen atoms in total. The standard InChI is InChI=1S/C24H26FN7O4/c1-24(2,36)21(25)12-28-22(33)17-11-27-19(8-18(17)30-14-6-15(7-14)31-23(34)35)20-4-3-16-5-13(9-26)10-29-32(16)20/h3-5,8,10-11,14-15,21,31,36H,6-7,12H2,1-2H3,(H,27,30)(H,28,33)(H,34,35)/t14-,15+,21-/m1/s1. The maximum atomic E-state index is 14.2. The number of hydrogen-bond acceptors (Lipinski definition) is 7. The highest BCUT2D eigenvalue weighted by molar-refractivity contribution is 6.00. The van der Waals surface area contributed by atoms with E-state index < -0.39 is 23.8 Å². The zero-order chi connectivity index (χ0) is 26.0. The van der Waals surface area contributed by atoms with E-state index in [0.717, 1.165) is 0 Å². The summed E-state index contributed by atoms with van der Waals surface area (Å²) in [5.41, 5.74) is 1.27. The number of pyridine rings is 1. The average Bonchev–Trinajstić information content (AvgIpc) is 3.23. The lowest BCUT2D eigenvalue weighted by Gasteiger charge is -2.36. The van der Waals surface area contributed by atoms with E-state index in [1.54, 1.807) is 28.8 Å². The van der Waals surface area contributed by atoms with E-state index in [0.29, 0.717) is 41.0 Å². The molecule has 0 bridgehead atoms. The minimum Gasteiger partial charge on any atom is -0.465 e. The van der Waals surface area contributed by atoms with Crippen LogP contribution in [0, 0.1) is 11.3 Å². The molecule has 1 saturated carbocycles. The van der Waals surface area contributed by atoms with E-state index in [1.807, 2.05) is 6.07 Å². The fraction of sp³-hybridized carbons (Fsp3) is 0.375. The fourth-order valence-corrected chi connectivity index (χ4v) is 3.93.